The Labute approximate surface area is 189 Å². The van der Waals surface area contributed by atoms with Gasteiger partial charge in [0.25, 0.3) is 11.8 Å². The minimum atomic E-state index is -3.68. The van der Waals surface area contributed by atoms with Gasteiger partial charge >= 0.3 is 5.97 Å². The van der Waals surface area contributed by atoms with Gasteiger partial charge in [-0.25, -0.2) is 18.2 Å². The van der Waals surface area contributed by atoms with Crippen LogP contribution in [0.3, 0.4) is 0 Å². The predicted molar refractivity (Wildman–Crippen MR) is 115 cm³/mol. The van der Waals surface area contributed by atoms with Crippen molar-refractivity contribution in [1.29, 1.82) is 0 Å². The molecule has 0 aromatic carbocycles. The van der Waals surface area contributed by atoms with Gasteiger partial charge in [0.15, 0.2) is 20.7 Å². The smallest absolute Gasteiger partial charge is 0.352 e. The van der Waals surface area contributed by atoms with Gasteiger partial charge in [-0.2, -0.15) is 0 Å². The molecule has 1 aromatic rings. The van der Waals surface area contributed by atoms with Crippen molar-refractivity contribution in [3.63, 3.8) is 0 Å². The Morgan fingerprint density at radius 3 is 2.69 bits per heavy atom. The number of aliphatic hydroxyl groups is 1. The maximum absolute atomic E-state index is 12.7. The molecule has 0 spiro atoms. The molecule has 3 heterocycles. The van der Waals surface area contributed by atoms with Gasteiger partial charge in [-0.1, -0.05) is 5.16 Å². The van der Waals surface area contributed by atoms with Crippen LogP contribution in [0.15, 0.2) is 21.8 Å². The molecule has 0 aliphatic carbocycles. The highest BCUT2D eigenvalue weighted by atomic mass is 32.2. The zero-order valence-electron chi connectivity index (χ0n) is 16.3. The van der Waals surface area contributed by atoms with Crippen molar-refractivity contribution in [2.24, 2.45) is 5.16 Å². The maximum Gasteiger partial charge on any atom is 0.352 e. The van der Waals surface area contributed by atoms with Gasteiger partial charge in [0.05, 0.1) is 11.5 Å². The molecule has 13 nitrogen and oxygen atoms in total. The molecule has 3 rings (SSSR count). The number of amides is 2. The van der Waals surface area contributed by atoms with Crippen molar-refractivity contribution in [3.05, 3.63) is 22.3 Å². The number of rotatable bonds is 9. The first-order valence-corrected chi connectivity index (χ1v) is 12.8. The summed E-state index contributed by atoms with van der Waals surface area (Å²) in [7, 11) is -3.68. The summed E-state index contributed by atoms with van der Waals surface area (Å²) in [5, 5.41) is 33.7. The van der Waals surface area contributed by atoms with Crippen LogP contribution in [0, 0.1) is 0 Å². The molecule has 16 heteroatoms. The normalized spacial score (nSPS) is 21.2. The fraction of sp³-hybridized carbons (Fsp3) is 0.438. The topological polar surface area (TPSA) is 213 Å². The molecular weight excluding hydrogens is 486 g/mol. The summed E-state index contributed by atoms with van der Waals surface area (Å²) in [6, 6.07) is -1.11. The van der Waals surface area contributed by atoms with E-state index in [-0.39, 0.29) is 40.9 Å². The van der Waals surface area contributed by atoms with Crippen LogP contribution in [-0.2, 0) is 24.2 Å². The standard InChI is InChI=1S/C16H19N5O8S3/c17-16-18-8(5-31-16)9(20-27)12(23)19-10-13(24)21-11(15(25)26)7(4-30-14(10)21)6-32(28,29)3-1-2-22/h5,10,14,22,27H,1-4,6H2,(H2,17,18)(H,19,23)(H,25,26)/b20-9-/t10?,14-/m1/s1. The number of carbonyl (C=O) groups excluding carboxylic acids is 2. The summed E-state index contributed by atoms with van der Waals surface area (Å²) in [6.07, 6.45) is 0.0178. The molecule has 1 fully saturated rings. The van der Waals surface area contributed by atoms with E-state index in [0.717, 1.165) is 28.0 Å². The average Bonchev–Trinajstić information content (AvgIpc) is 3.16. The van der Waals surface area contributed by atoms with E-state index < -0.39 is 56.2 Å². The molecule has 2 atom stereocenters. The maximum atomic E-state index is 12.7. The van der Waals surface area contributed by atoms with Crippen LogP contribution < -0.4 is 11.1 Å². The third kappa shape index (κ3) is 4.72. The Morgan fingerprint density at radius 1 is 1.41 bits per heavy atom. The number of aliphatic carboxylic acids is 1. The molecule has 1 unspecified atom stereocenters. The number of thiazole rings is 1. The Kier molecular flexibility index (Phi) is 7.06. The number of carboxylic acids is 1. The summed E-state index contributed by atoms with van der Waals surface area (Å²) in [5.74, 6) is -3.96. The van der Waals surface area contributed by atoms with Gasteiger partial charge in [0.2, 0.25) is 0 Å². The lowest BCUT2D eigenvalue weighted by atomic mass is 10.0. The number of sulfone groups is 1. The molecular formula is C16H19N5O8S3. The van der Waals surface area contributed by atoms with E-state index in [1.54, 1.807) is 0 Å². The monoisotopic (exact) mass is 505 g/mol. The minimum absolute atomic E-state index is 0.00826. The third-order valence-corrected chi connectivity index (χ3v) is 8.34. The number of hydrogen-bond donors (Lipinski definition) is 5. The van der Waals surface area contributed by atoms with Crippen molar-refractivity contribution in [1.82, 2.24) is 15.2 Å². The highest BCUT2D eigenvalue weighted by Crippen LogP contribution is 2.40. The summed E-state index contributed by atoms with van der Waals surface area (Å²) in [6.45, 7) is -0.320. The number of thioether (sulfide) groups is 1. The molecule has 0 radical (unpaired) electrons. The van der Waals surface area contributed by atoms with E-state index in [1.807, 2.05) is 0 Å². The number of nitrogens with zero attached hydrogens (tertiary/aromatic N) is 3. The van der Waals surface area contributed by atoms with E-state index in [9.17, 15) is 33.1 Å². The van der Waals surface area contributed by atoms with E-state index in [4.69, 9.17) is 10.8 Å². The number of oxime groups is 1. The van der Waals surface area contributed by atoms with Crippen LogP contribution in [-0.4, -0.2) is 92.5 Å². The van der Waals surface area contributed by atoms with E-state index in [1.165, 1.54) is 5.38 Å². The molecule has 0 saturated carbocycles. The second-order valence-corrected chi connectivity index (χ2v) is 11.0. The highest BCUT2D eigenvalue weighted by Gasteiger charge is 2.54. The summed E-state index contributed by atoms with van der Waals surface area (Å²) >= 11 is 2.12. The average molecular weight is 506 g/mol. The predicted octanol–water partition coefficient (Wildman–Crippen LogP) is -1.56. The Balaban J connectivity index is 1.77. The fourth-order valence-corrected chi connectivity index (χ4v) is 6.74. The number of β-lactam (4-membered cyclic amide) rings is 1. The zero-order valence-corrected chi connectivity index (χ0v) is 18.7. The third-order valence-electron chi connectivity index (χ3n) is 4.62. The lowest BCUT2D eigenvalue weighted by Gasteiger charge is -2.49. The van der Waals surface area contributed by atoms with Gasteiger partial charge in [0.1, 0.15) is 22.8 Å². The van der Waals surface area contributed by atoms with Gasteiger partial charge in [-0.15, -0.1) is 23.1 Å². The Hall–Kier alpha value is -2.69. The van der Waals surface area contributed by atoms with Crippen molar-refractivity contribution >= 4 is 61.6 Å². The largest absolute Gasteiger partial charge is 0.477 e. The highest BCUT2D eigenvalue weighted by molar-refractivity contribution is 8.00. The van der Waals surface area contributed by atoms with E-state index >= 15 is 0 Å². The van der Waals surface area contributed by atoms with Crippen molar-refractivity contribution in [3.8, 4) is 0 Å². The van der Waals surface area contributed by atoms with Gasteiger partial charge in [-0.3, -0.25) is 14.5 Å². The fourth-order valence-electron chi connectivity index (χ4n) is 3.24. The molecule has 174 valence electrons. The van der Waals surface area contributed by atoms with Crippen LogP contribution >= 0.6 is 23.1 Å². The van der Waals surface area contributed by atoms with Crippen molar-refractivity contribution in [2.45, 2.75) is 17.8 Å². The molecule has 2 amide bonds. The van der Waals surface area contributed by atoms with E-state index in [2.05, 4.69) is 15.5 Å². The molecule has 6 N–H and O–H groups in total. The summed E-state index contributed by atoms with van der Waals surface area (Å²) in [5.41, 5.74) is 4.68. The minimum Gasteiger partial charge on any atom is -0.477 e. The number of fused-ring (bicyclic) bond motifs is 1. The summed E-state index contributed by atoms with van der Waals surface area (Å²) < 4.78 is 24.4. The number of nitrogens with one attached hydrogen (secondary N) is 1. The first-order chi connectivity index (χ1) is 15.1. The van der Waals surface area contributed by atoms with Gasteiger partial charge in [-0.05, 0) is 12.0 Å². The number of hydrogen-bond acceptors (Lipinski definition) is 12. The lowest BCUT2D eigenvalue weighted by molar-refractivity contribution is -0.150. The number of carboxylic acid groups (broad SMARTS) is 1. The van der Waals surface area contributed by atoms with Crippen LogP contribution in [0.25, 0.3) is 0 Å². The second-order valence-electron chi connectivity index (χ2n) is 6.81. The molecule has 1 aromatic heterocycles. The zero-order chi connectivity index (χ0) is 23.6. The molecule has 32 heavy (non-hydrogen) atoms. The Bertz CT molecular complexity index is 1110. The lowest BCUT2D eigenvalue weighted by Crippen LogP contribution is -2.71. The van der Waals surface area contributed by atoms with Crippen LogP contribution in [0.4, 0.5) is 5.13 Å². The number of carbonyl (C=O) groups is 3. The van der Waals surface area contributed by atoms with Crippen molar-refractivity contribution in [2.75, 3.05) is 29.6 Å². The Morgan fingerprint density at radius 2 is 2.12 bits per heavy atom. The SMILES string of the molecule is Nc1nc(/C(=N/O)C(=O)NC2C(=O)N3C(C(=O)O)=C(CS(=O)(=O)CCCO)CS[C@H]23)cs1. The number of nitrogen functional groups attached to an aromatic ring is 1. The first-order valence-electron chi connectivity index (χ1n) is 9.05. The second kappa shape index (κ2) is 9.43. The molecule has 1 saturated heterocycles. The quantitative estimate of drug-likeness (QED) is 0.112. The number of aromatic nitrogens is 1. The number of aliphatic hydroxyl groups excluding tert-OH is 1. The molecule has 2 aliphatic heterocycles. The van der Waals surface area contributed by atoms with Gasteiger partial charge < -0.3 is 26.5 Å². The first kappa shape index (κ1) is 24.0. The van der Waals surface area contributed by atoms with Crippen LogP contribution in [0.1, 0.15) is 12.1 Å². The van der Waals surface area contributed by atoms with E-state index in [0.29, 0.717) is 0 Å². The summed E-state index contributed by atoms with van der Waals surface area (Å²) in [4.78, 5) is 41.7. The van der Waals surface area contributed by atoms with Crippen molar-refractivity contribution < 1.29 is 38.2 Å². The van der Waals surface area contributed by atoms with Crippen LogP contribution in [0.2, 0.25) is 0 Å². The van der Waals surface area contributed by atoms with Gasteiger partial charge in [0, 0.05) is 17.7 Å². The molecule has 0 bridgehead atoms. The number of anilines is 1. The van der Waals surface area contributed by atoms with Crippen LogP contribution in [0.5, 0.6) is 0 Å². The molecule has 2 aliphatic rings. The number of nitrogens with two attached hydrogens (primary N) is 1.